The first kappa shape index (κ1) is 10.8. The Hall–Kier alpha value is -1.69. The summed E-state index contributed by atoms with van der Waals surface area (Å²) in [5, 5.41) is 11.0. The largest absolute Gasteiger partial charge is 0.307 e. The van der Waals surface area contributed by atoms with Gasteiger partial charge in [-0.15, -0.1) is 0 Å². The summed E-state index contributed by atoms with van der Waals surface area (Å²) in [6.07, 6.45) is 3.27. The molecule has 0 aliphatic rings. The van der Waals surface area contributed by atoms with Crippen LogP contribution in [0.25, 0.3) is 0 Å². The number of hydrogen-bond donors (Lipinski definition) is 1. The van der Waals surface area contributed by atoms with Gasteiger partial charge in [-0.05, 0) is 6.07 Å². The number of nitrogens with zero attached hydrogens (tertiary/aromatic N) is 4. The molecule has 0 spiro atoms. The molecule has 0 aliphatic heterocycles. The van der Waals surface area contributed by atoms with Crippen LogP contribution in [0.5, 0.6) is 0 Å². The lowest BCUT2D eigenvalue weighted by Gasteiger charge is -2.03. The fourth-order valence-electron chi connectivity index (χ4n) is 1.49. The van der Waals surface area contributed by atoms with Gasteiger partial charge < -0.3 is 5.32 Å². The normalized spacial score (nSPS) is 10.9. The molecule has 2 heterocycles. The second-order valence-electron chi connectivity index (χ2n) is 3.63. The number of aromatic nitrogens is 4. The molecule has 2 aromatic rings. The fraction of sp³-hybridized carbons (Fsp3) is 0.400. The first-order valence-electron chi connectivity index (χ1n) is 5.02. The summed E-state index contributed by atoms with van der Waals surface area (Å²) in [7, 11) is 3.46. The van der Waals surface area contributed by atoms with Crippen molar-refractivity contribution < 1.29 is 4.39 Å². The number of rotatable bonds is 4. The number of halogens is 1. The highest BCUT2D eigenvalue weighted by atomic mass is 19.1. The summed E-state index contributed by atoms with van der Waals surface area (Å²) in [5.41, 5.74) is 1.63. The van der Waals surface area contributed by atoms with Crippen molar-refractivity contribution in [3.63, 3.8) is 0 Å². The van der Waals surface area contributed by atoms with Crippen molar-refractivity contribution in [2.24, 2.45) is 14.1 Å². The molecule has 0 fully saturated rings. The molecule has 1 N–H and O–H groups in total. The van der Waals surface area contributed by atoms with E-state index in [2.05, 4.69) is 15.5 Å². The number of hydrogen-bond acceptors (Lipinski definition) is 3. The van der Waals surface area contributed by atoms with Crippen molar-refractivity contribution in [1.29, 1.82) is 0 Å². The molecule has 0 aliphatic carbocycles. The van der Waals surface area contributed by atoms with Gasteiger partial charge in [-0.1, -0.05) is 0 Å². The first-order chi connectivity index (χ1) is 7.68. The van der Waals surface area contributed by atoms with Gasteiger partial charge in [0.25, 0.3) is 0 Å². The molecule has 0 unspecified atom stereocenters. The second kappa shape index (κ2) is 4.44. The molecule has 5 nitrogen and oxygen atoms in total. The standard InChI is InChI=1S/C10H14FN5/c1-15-9(3-4-13-15)7-12-5-8-6-14-16(2)10(8)11/h3-4,6,12H,5,7H2,1-2H3. The monoisotopic (exact) mass is 223 g/mol. The predicted octanol–water partition coefficient (Wildman–Crippen LogP) is 0.582. The van der Waals surface area contributed by atoms with Crippen LogP contribution in [0.1, 0.15) is 11.3 Å². The Bertz CT molecular complexity index is 473. The average Bonchev–Trinajstić information content (AvgIpc) is 2.80. The summed E-state index contributed by atoms with van der Waals surface area (Å²) in [6, 6.07) is 1.92. The van der Waals surface area contributed by atoms with E-state index in [1.165, 1.54) is 10.9 Å². The van der Waals surface area contributed by atoms with Gasteiger partial charge in [0.1, 0.15) is 0 Å². The first-order valence-corrected chi connectivity index (χ1v) is 5.02. The maximum absolute atomic E-state index is 13.3. The lowest BCUT2D eigenvalue weighted by molar-refractivity contribution is 0.488. The van der Waals surface area contributed by atoms with Crippen LogP contribution in [0.2, 0.25) is 0 Å². The van der Waals surface area contributed by atoms with Crippen molar-refractivity contribution in [2.75, 3.05) is 0 Å². The molecule has 0 amide bonds. The third-order valence-electron chi connectivity index (χ3n) is 2.48. The molecule has 86 valence electrons. The van der Waals surface area contributed by atoms with Crippen molar-refractivity contribution in [1.82, 2.24) is 24.9 Å². The topological polar surface area (TPSA) is 47.7 Å². The van der Waals surface area contributed by atoms with E-state index in [-0.39, 0.29) is 5.95 Å². The molecule has 16 heavy (non-hydrogen) atoms. The van der Waals surface area contributed by atoms with Crippen LogP contribution in [0, 0.1) is 5.95 Å². The summed E-state index contributed by atoms with van der Waals surface area (Å²) in [4.78, 5) is 0. The van der Waals surface area contributed by atoms with E-state index in [0.29, 0.717) is 18.7 Å². The minimum Gasteiger partial charge on any atom is -0.307 e. The molecule has 2 rings (SSSR count). The number of nitrogens with one attached hydrogen (secondary N) is 1. The van der Waals surface area contributed by atoms with Gasteiger partial charge >= 0.3 is 0 Å². The van der Waals surface area contributed by atoms with E-state index >= 15 is 0 Å². The Balaban J connectivity index is 1.89. The van der Waals surface area contributed by atoms with E-state index in [4.69, 9.17) is 0 Å². The molecular weight excluding hydrogens is 209 g/mol. The molecule has 2 aromatic heterocycles. The predicted molar refractivity (Wildman–Crippen MR) is 56.9 cm³/mol. The van der Waals surface area contributed by atoms with Gasteiger partial charge in [-0.3, -0.25) is 4.68 Å². The van der Waals surface area contributed by atoms with Gasteiger partial charge in [-0.2, -0.15) is 14.6 Å². The zero-order valence-electron chi connectivity index (χ0n) is 9.31. The fourth-order valence-corrected chi connectivity index (χ4v) is 1.49. The molecule has 0 atom stereocenters. The Kier molecular flexibility index (Phi) is 3.00. The van der Waals surface area contributed by atoms with E-state index in [9.17, 15) is 4.39 Å². The van der Waals surface area contributed by atoms with Crippen molar-refractivity contribution in [3.05, 3.63) is 35.7 Å². The van der Waals surface area contributed by atoms with Crippen LogP contribution in [0.3, 0.4) is 0 Å². The highest BCUT2D eigenvalue weighted by molar-refractivity contribution is 5.06. The Morgan fingerprint density at radius 3 is 2.62 bits per heavy atom. The van der Waals surface area contributed by atoms with Crippen molar-refractivity contribution in [3.8, 4) is 0 Å². The van der Waals surface area contributed by atoms with Gasteiger partial charge in [-0.25, -0.2) is 4.68 Å². The van der Waals surface area contributed by atoms with Gasteiger partial charge in [0.05, 0.1) is 11.9 Å². The molecule has 0 bridgehead atoms. The highest BCUT2D eigenvalue weighted by Gasteiger charge is 2.06. The molecule has 0 radical (unpaired) electrons. The van der Waals surface area contributed by atoms with Crippen LogP contribution >= 0.6 is 0 Å². The number of aryl methyl sites for hydroxylation is 2. The SMILES string of the molecule is Cn1nccc1CNCc1cnn(C)c1F. The van der Waals surface area contributed by atoms with Crippen LogP contribution in [-0.2, 0) is 27.2 Å². The minimum atomic E-state index is -0.294. The van der Waals surface area contributed by atoms with Crippen LogP contribution in [-0.4, -0.2) is 19.6 Å². The van der Waals surface area contributed by atoms with Crippen LogP contribution in [0.15, 0.2) is 18.5 Å². The molecule has 6 heteroatoms. The molecule has 0 aromatic carbocycles. The lowest BCUT2D eigenvalue weighted by atomic mass is 10.3. The van der Waals surface area contributed by atoms with E-state index in [1.807, 2.05) is 13.1 Å². The van der Waals surface area contributed by atoms with Gasteiger partial charge in [0.15, 0.2) is 0 Å². The van der Waals surface area contributed by atoms with E-state index < -0.39 is 0 Å². The third kappa shape index (κ3) is 2.11. The summed E-state index contributed by atoms with van der Waals surface area (Å²) >= 11 is 0. The maximum Gasteiger partial charge on any atom is 0.215 e. The minimum absolute atomic E-state index is 0.294. The zero-order valence-corrected chi connectivity index (χ0v) is 9.31. The van der Waals surface area contributed by atoms with Gasteiger partial charge in [0.2, 0.25) is 5.95 Å². The van der Waals surface area contributed by atoms with E-state index in [0.717, 1.165) is 5.69 Å². The van der Waals surface area contributed by atoms with Crippen molar-refractivity contribution >= 4 is 0 Å². The molecule has 0 saturated carbocycles. The Morgan fingerprint density at radius 2 is 2.06 bits per heavy atom. The Morgan fingerprint density at radius 1 is 1.25 bits per heavy atom. The van der Waals surface area contributed by atoms with Crippen LogP contribution < -0.4 is 5.32 Å². The van der Waals surface area contributed by atoms with E-state index in [1.54, 1.807) is 17.9 Å². The average molecular weight is 223 g/mol. The molecular formula is C10H14FN5. The quantitative estimate of drug-likeness (QED) is 0.825. The summed E-state index contributed by atoms with van der Waals surface area (Å²) < 4.78 is 16.4. The third-order valence-corrected chi connectivity index (χ3v) is 2.48. The lowest BCUT2D eigenvalue weighted by Crippen LogP contribution is -2.15. The summed E-state index contributed by atoms with van der Waals surface area (Å²) in [6.45, 7) is 1.12. The highest BCUT2D eigenvalue weighted by Crippen LogP contribution is 2.04. The second-order valence-corrected chi connectivity index (χ2v) is 3.63. The zero-order chi connectivity index (χ0) is 11.5. The maximum atomic E-state index is 13.3. The summed E-state index contributed by atoms with van der Waals surface area (Å²) in [5.74, 6) is -0.294. The van der Waals surface area contributed by atoms with Crippen molar-refractivity contribution in [2.45, 2.75) is 13.1 Å². The van der Waals surface area contributed by atoms with Crippen LogP contribution in [0.4, 0.5) is 4.39 Å². The molecule has 0 saturated heterocycles. The smallest absolute Gasteiger partial charge is 0.215 e. The Labute approximate surface area is 92.9 Å². The van der Waals surface area contributed by atoms with Gasteiger partial charge in [0, 0.05) is 38.9 Å².